The number of rotatable bonds is 5. The highest BCUT2D eigenvalue weighted by molar-refractivity contribution is 6.33. The molecule has 1 heterocycles. The Bertz CT molecular complexity index is 1020. The minimum Gasteiger partial charge on any atom is -0.493 e. The monoisotopic (exact) mass is 359 g/mol. The molecule has 3 rings (SSSR count). The van der Waals surface area contributed by atoms with Crippen LogP contribution in [-0.4, -0.2) is 21.5 Å². The van der Waals surface area contributed by atoms with Gasteiger partial charge in [0, 0.05) is 6.07 Å². The molecule has 0 spiro atoms. The van der Waals surface area contributed by atoms with Crippen molar-refractivity contribution in [2.45, 2.75) is 13.3 Å². The van der Waals surface area contributed by atoms with Gasteiger partial charge < -0.3 is 9.72 Å². The van der Waals surface area contributed by atoms with Gasteiger partial charge in [0.15, 0.2) is 0 Å². The van der Waals surface area contributed by atoms with Crippen LogP contribution in [-0.2, 0) is 0 Å². The van der Waals surface area contributed by atoms with Crippen LogP contribution in [0.25, 0.3) is 22.3 Å². The first-order chi connectivity index (χ1) is 12.0. The normalized spacial score (nSPS) is 10.8. The number of para-hydroxylation sites is 1. The van der Waals surface area contributed by atoms with Gasteiger partial charge >= 0.3 is 0 Å². The number of H-pyrrole nitrogens is 1. The average molecular weight is 360 g/mol. The van der Waals surface area contributed by atoms with Crippen LogP contribution in [0, 0.1) is 10.1 Å². The number of fused-ring (bicyclic) bond motifs is 1. The predicted octanol–water partition coefficient (Wildman–Crippen LogP) is 3.94. The van der Waals surface area contributed by atoms with E-state index in [0.29, 0.717) is 23.7 Å². The Morgan fingerprint density at radius 1 is 1.32 bits per heavy atom. The fourth-order valence-electron chi connectivity index (χ4n) is 2.42. The lowest BCUT2D eigenvalue weighted by atomic mass is 10.1. The number of nitrogens with zero attached hydrogens (tertiary/aromatic N) is 2. The lowest BCUT2D eigenvalue weighted by Gasteiger charge is -2.10. The van der Waals surface area contributed by atoms with E-state index in [2.05, 4.69) is 9.97 Å². The summed E-state index contributed by atoms with van der Waals surface area (Å²) in [5.41, 5.74) is 0.0926. The molecule has 2 aromatic carbocycles. The maximum atomic E-state index is 12.4. The van der Waals surface area contributed by atoms with Crippen molar-refractivity contribution >= 4 is 28.2 Å². The smallest absolute Gasteiger partial charge is 0.288 e. The molecule has 0 aliphatic heterocycles. The van der Waals surface area contributed by atoms with Crippen molar-refractivity contribution < 1.29 is 9.66 Å². The van der Waals surface area contributed by atoms with Gasteiger partial charge in [0.25, 0.3) is 11.2 Å². The van der Waals surface area contributed by atoms with Crippen molar-refractivity contribution in [2.24, 2.45) is 0 Å². The first kappa shape index (κ1) is 16.9. The molecule has 3 aromatic rings. The zero-order chi connectivity index (χ0) is 18.0. The van der Waals surface area contributed by atoms with E-state index in [9.17, 15) is 14.9 Å². The number of nitro groups is 1. The third-order valence-corrected chi connectivity index (χ3v) is 3.88. The minimum absolute atomic E-state index is 0.0722. The number of aromatic amines is 1. The Morgan fingerprint density at radius 2 is 2.08 bits per heavy atom. The maximum Gasteiger partial charge on any atom is 0.288 e. The fourth-order valence-corrected chi connectivity index (χ4v) is 2.64. The number of nitrogens with one attached hydrogen (secondary N) is 1. The molecule has 7 nitrogen and oxygen atoms in total. The molecule has 0 unspecified atom stereocenters. The van der Waals surface area contributed by atoms with E-state index >= 15 is 0 Å². The van der Waals surface area contributed by atoms with E-state index < -0.39 is 10.5 Å². The zero-order valence-electron chi connectivity index (χ0n) is 13.3. The number of benzene rings is 2. The summed E-state index contributed by atoms with van der Waals surface area (Å²) in [5.74, 6) is 0.911. The van der Waals surface area contributed by atoms with Crippen molar-refractivity contribution in [3.63, 3.8) is 0 Å². The van der Waals surface area contributed by atoms with E-state index in [0.717, 1.165) is 12.5 Å². The zero-order valence-corrected chi connectivity index (χ0v) is 14.0. The molecule has 0 saturated heterocycles. The van der Waals surface area contributed by atoms with E-state index in [4.69, 9.17) is 16.3 Å². The number of hydrogen-bond donors (Lipinski definition) is 1. The summed E-state index contributed by atoms with van der Waals surface area (Å²) in [4.78, 5) is 29.8. The fraction of sp³-hybridized carbons (Fsp3) is 0.176. The number of ether oxygens (including phenoxy) is 1. The molecule has 0 radical (unpaired) electrons. The molecule has 8 heteroatoms. The van der Waals surface area contributed by atoms with E-state index in [1.54, 1.807) is 18.2 Å². The lowest BCUT2D eigenvalue weighted by Crippen LogP contribution is -2.10. The van der Waals surface area contributed by atoms with Crippen LogP contribution in [0.4, 0.5) is 5.69 Å². The van der Waals surface area contributed by atoms with Gasteiger partial charge in [-0.3, -0.25) is 14.9 Å². The van der Waals surface area contributed by atoms with Gasteiger partial charge in [0.05, 0.1) is 28.0 Å². The Balaban J connectivity index is 2.18. The number of aromatic nitrogens is 2. The minimum atomic E-state index is -0.636. The van der Waals surface area contributed by atoms with Crippen molar-refractivity contribution in [3.05, 3.63) is 61.9 Å². The molecular formula is C17H14ClN3O4. The van der Waals surface area contributed by atoms with Crippen LogP contribution in [0.15, 0.2) is 41.2 Å². The molecule has 25 heavy (non-hydrogen) atoms. The van der Waals surface area contributed by atoms with Gasteiger partial charge in [0.1, 0.15) is 16.6 Å². The van der Waals surface area contributed by atoms with Crippen LogP contribution >= 0.6 is 11.6 Å². The summed E-state index contributed by atoms with van der Waals surface area (Å²) in [7, 11) is 0. The van der Waals surface area contributed by atoms with Crippen molar-refractivity contribution in [1.82, 2.24) is 9.97 Å². The largest absolute Gasteiger partial charge is 0.493 e. The SMILES string of the molecule is CCCOc1ccccc1-c1nc2cc(Cl)c([N+](=O)[O-])cc2c(=O)[nH]1. The first-order valence-electron chi connectivity index (χ1n) is 7.61. The van der Waals surface area contributed by atoms with Crippen molar-refractivity contribution in [1.29, 1.82) is 0 Å². The Labute approximate surface area is 147 Å². The quantitative estimate of drug-likeness (QED) is 0.549. The molecule has 0 aliphatic carbocycles. The van der Waals surface area contributed by atoms with Crippen molar-refractivity contribution in [3.8, 4) is 17.1 Å². The Hall–Kier alpha value is -2.93. The molecule has 0 fully saturated rings. The summed E-state index contributed by atoms with van der Waals surface area (Å²) in [6.45, 7) is 2.53. The average Bonchev–Trinajstić information content (AvgIpc) is 2.59. The Morgan fingerprint density at radius 3 is 2.80 bits per heavy atom. The van der Waals surface area contributed by atoms with Gasteiger partial charge in [-0.05, 0) is 24.6 Å². The van der Waals surface area contributed by atoms with Gasteiger partial charge in [-0.25, -0.2) is 4.98 Å². The highest BCUT2D eigenvalue weighted by Gasteiger charge is 2.17. The number of nitro benzene ring substituents is 1. The van der Waals surface area contributed by atoms with Gasteiger partial charge in [-0.1, -0.05) is 30.7 Å². The second-order valence-corrected chi connectivity index (χ2v) is 5.74. The molecule has 0 bridgehead atoms. The second-order valence-electron chi connectivity index (χ2n) is 5.34. The predicted molar refractivity (Wildman–Crippen MR) is 95.3 cm³/mol. The summed E-state index contributed by atoms with van der Waals surface area (Å²) in [6.07, 6.45) is 0.843. The van der Waals surface area contributed by atoms with Crippen LogP contribution in [0.3, 0.4) is 0 Å². The molecule has 128 valence electrons. The van der Waals surface area contributed by atoms with Crippen LogP contribution in [0.2, 0.25) is 5.02 Å². The third kappa shape index (κ3) is 3.32. The molecule has 1 aromatic heterocycles. The van der Waals surface area contributed by atoms with Crippen LogP contribution in [0.5, 0.6) is 5.75 Å². The van der Waals surface area contributed by atoms with Gasteiger partial charge in [-0.15, -0.1) is 0 Å². The van der Waals surface area contributed by atoms with E-state index in [1.165, 1.54) is 6.07 Å². The topological polar surface area (TPSA) is 98.1 Å². The second kappa shape index (κ2) is 6.90. The van der Waals surface area contributed by atoms with Crippen LogP contribution in [0.1, 0.15) is 13.3 Å². The molecule has 0 atom stereocenters. The summed E-state index contributed by atoms with van der Waals surface area (Å²) in [6, 6.07) is 9.66. The Kier molecular flexibility index (Phi) is 4.67. The highest BCUT2D eigenvalue weighted by atomic mass is 35.5. The standard InChI is InChI=1S/C17H14ClN3O4/c1-2-7-25-15-6-4-3-5-10(15)16-19-13-9-12(18)14(21(23)24)8-11(13)17(22)20-16/h3-6,8-9H,2,7H2,1H3,(H,19,20,22). The van der Waals surface area contributed by atoms with E-state index in [1.807, 2.05) is 13.0 Å². The number of halogens is 1. The molecule has 0 saturated carbocycles. The molecule has 0 aliphatic rings. The van der Waals surface area contributed by atoms with Gasteiger partial charge in [-0.2, -0.15) is 0 Å². The van der Waals surface area contributed by atoms with Crippen molar-refractivity contribution in [2.75, 3.05) is 6.61 Å². The summed E-state index contributed by atoms with van der Waals surface area (Å²) < 4.78 is 5.69. The maximum absolute atomic E-state index is 12.4. The van der Waals surface area contributed by atoms with E-state index in [-0.39, 0.29) is 21.6 Å². The number of hydrogen-bond acceptors (Lipinski definition) is 5. The third-order valence-electron chi connectivity index (χ3n) is 3.57. The highest BCUT2D eigenvalue weighted by Crippen LogP contribution is 2.30. The summed E-state index contributed by atoms with van der Waals surface area (Å²) >= 11 is 5.93. The summed E-state index contributed by atoms with van der Waals surface area (Å²) in [5, 5.41) is 11.0. The molecule has 1 N–H and O–H groups in total. The lowest BCUT2D eigenvalue weighted by molar-refractivity contribution is -0.384. The molecule has 0 amide bonds. The first-order valence-corrected chi connectivity index (χ1v) is 7.99. The van der Waals surface area contributed by atoms with Gasteiger partial charge in [0.2, 0.25) is 0 Å². The van der Waals surface area contributed by atoms with Crippen LogP contribution < -0.4 is 10.3 Å². The molecular weight excluding hydrogens is 346 g/mol.